The molecule has 2 aromatic rings. The standard InChI is InChI=1S/C11H14N4S/c1-8-3-2-5-15-10(8)13-14-11(15)9-7-16-6-4-12-9/h2-3,5,9,12H,4,6-7H2,1H3. The fourth-order valence-corrected chi connectivity index (χ4v) is 2.97. The molecule has 3 rings (SSSR count). The Balaban J connectivity index is 2.06. The average molecular weight is 234 g/mol. The number of hydrogen-bond donors (Lipinski definition) is 1. The third-order valence-electron chi connectivity index (χ3n) is 2.89. The number of aromatic nitrogens is 3. The maximum Gasteiger partial charge on any atom is 0.163 e. The zero-order chi connectivity index (χ0) is 11.0. The molecule has 16 heavy (non-hydrogen) atoms. The first-order valence-electron chi connectivity index (χ1n) is 5.47. The molecule has 1 N–H and O–H groups in total. The van der Waals surface area contributed by atoms with Gasteiger partial charge in [0.1, 0.15) is 0 Å². The summed E-state index contributed by atoms with van der Waals surface area (Å²) in [5.41, 5.74) is 2.14. The molecule has 0 aliphatic carbocycles. The largest absolute Gasteiger partial charge is 0.306 e. The second-order valence-electron chi connectivity index (χ2n) is 4.02. The molecule has 0 bridgehead atoms. The highest BCUT2D eigenvalue weighted by atomic mass is 32.2. The molecule has 84 valence electrons. The highest BCUT2D eigenvalue weighted by molar-refractivity contribution is 7.99. The third-order valence-corrected chi connectivity index (χ3v) is 3.95. The molecule has 5 heteroatoms. The van der Waals surface area contributed by atoms with E-state index in [2.05, 4.69) is 32.9 Å². The highest BCUT2D eigenvalue weighted by Gasteiger charge is 2.20. The molecule has 0 radical (unpaired) electrons. The van der Waals surface area contributed by atoms with Crippen molar-refractivity contribution in [2.75, 3.05) is 18.1 Å². The number of nitrogens with one attached hydrogen (secondary N) is 1. The van der Waals surface area contributed by atoms with Crippen LogP contribution in [0.1, 0.15) is 17.4 Å². The quantitative estimate of drug-likeness (QED) is 0.810. The summed E-state index contributed by atoms with van der Waals surface area (Å²) in [7, 11) is 0. The van der Waals surface area contributed by atoms with Gasteiger partial charge in [0, 0.05) is 24.2 Å². The number of fused-ring (bicyclic) bond motifs is 1. The van der Waals surface area contributed by atoms with Crippen LogP contribution in [-0.2, 0) is 0 Å². The van der Waals surface area contributed by atoms with Crippen LogP contribution in [0.15, 0.2) is 18.3 Å². The van der Waals surface area contributed by atoms with Crippen molar-refractivity contribution in [1.82, 2.24) is 19.9 Å². The number of rotatable bonds is 1. The number of hydrogen-bond acceptors (Lipinski definition) is 4. The van der Waals surface area contributed by atoms with Gasteiger partial charge in [-0.2, -0.15) is 11.8 Å². The lowest BCUT2D eigenvalue weighted by Gasteiger charge is -2.21. The van der Waals surface area contributed by atoms with E-state index in [4.69, 9.17) is 0 Å². The van der Waals surface area contributed by atoms with Crippen molar-refractivity contribution in [2.45, 2.75) is 13.0 Å². The van der Waals surface area contributed by atoms with Gasteiger partial charge in [-0.05, 0) is 18.6 Å². The van der Waals surface area contributed by atoms with Crippen molar-refractivity contribution < 1.29 is 0 Å². The van der Waals surface area contributed by atoms with Crippen molar-refractivity contribution in [3.05, 3.63) is 29.7 Å². The Morgan fingerprint density at radius 1 is 1.50 bits per heavy atom. The third kappa shape index (κ3) is 1.60. The average Bonchev–Trinajstić information content (AvgIpc) is 2.75. The first kappa shape index (κ1) is 10.1. The summed E-state index contributed by atoms with van der Waals surface area (Å²) >= 11 is 1.97. The van der Waals surface area contributed by atoms with Gasteiger partial charge in [-0.3, -0.25) is 4.40 Å². The van der Waals surface area contributed by atoms with Crippen LogP contribution in [0.25, 0.3) is 5.65 Å². The molecule has 0 spiro atoms. The summed E-state index contributed by atoms with van der Waals surface area (Å²) < 4.78 is 2.10. The summed E-state index contributed by atoms with van der Waals surface area (Å²) in [6.07, 6.45) is 2.04. The Morgan fingerprint density at radius 2 is 2.44 bits per heavy atom. The molecule has 2 aromatic heterocycles. The van der Waals surface area contributed by atoms with E-state index in [0.717, 1.165) is 23.8 Å². The van der Waals surface area contributed by atoms with Gasteiger partial charge in [0.05, 0.1) is 6.04 Å². The fraction of sp³-hybridized carbons (Fsp3) is 0.455. The lowest BCUT2D eigenvalue weighted by molar-refractivity contribution is 0.559. The molecule has 1 aliphatic heterocycles. The van der Waals surface area contributed by atoms with Crippen LogP contribution in [0.5, 0.6) is 0 Å². The van der Waals surface area contributed by atoms with Gasteiger partial charge in [-0.25, -0.2) is 0 Å². The lowest BCUT2D eigenvalue weighted by atomic mass is 10.2. The van der Waals surface area contributed by atoms with Crippen LogP contribution < -0.4 is 5.32 Å². The molecule has 1 fully saturated rings. The Kier molecular flexibility index (Phi) is 2.57. The maximum absolute atomic E-state index is 4.32. The van der Waals surface area contributed by atoms with Gasteiger partial charge < -0.3 is 5.32 Å². The molecule has 1 saturated heterocycles. The number of aryl methyl sites for hydroxylation is 1. The second kappa shape index (κ2) is 4.07. The SMILES string of the molecule is Cc1cccn2c(C3CSCCN3)nnc12. The minimum absolute atomic E-state index is 0.329. The summed E-state index contributed by atoms with van der Waals surface area (Å²) in [6, 6.07) is 4.44. The van der Waals surface area contributed by atoms with Gasteiger partial charge in [-0.15, -0.1) is 10.2 Å². The van der Waals surface area contributed by atoms with E-state index in [0.29, 0.717) is 6.04 Å². The molecule has 0 saturated carbocycles. The van der Waals surface area contributed by atoms with Crippen LogP contribution >= 0.6 is 11.8 Å². The first-order chi connectivity index (χ1) is 7.86. The van der Waals surface area contributed by atoms with Gasteiger partial charge in [0.2, 0.25) is 0 Å². The summed E-state index contributed by atoms with van der Waals surface area (Å²) in [6.45, 7) is 3.12. The Hall–Kier alpha value is -1.07. The predicted molar refractivity (Wildman–Crippen MR) is 65.8 cm³/mol. The van der Waals surface area contributed by atoms with Crippen molar-refractivity contribution >= 4 is 17.4 Å². The van der Waals surface area contributed by atoms with E-state index in [-0.39, 0.29) is 0 Å². The second-order valence-corrected chi connectivity index (χ2v) is 5.17. The van der Waals surface area contributed by atoms with Crippen LogP contribution in [0.2, 0.25) is 0 Å². The number of thioether (sulfide) groups is 1. The van der Waals surface area contributed by atoms with E-state index >= 15 is 0 Å². The molecule has 1 aliphatic rings. The zero-order valence-electron chi connectivity index (χ0n) is 9.18. The molecule has 0 aromatic carbocycles. The van der Waals surface area contributed by atoms with E-state index < -0.39 is 0 Å². The highest BCUT2D eigenvalue weighted by Crippen LogP contribution is 2.21. The molecule has 4 nitrogen and oxygen atoms in total. The Bertz CT molecular complexity index is 502. The summed E-state index contributed by atoms with van der Waals surface area (Å²) in [4.78, 5) is 0. The molecule has 3 heterocycles. The molecule has 1 atom stereocenters. The van der Waals surface area contributed by atoms with Crippen LogP contribution in [0, 0.1) is 6.92 Å². The molecule has 1 unspecified atom stereocenters. The van der Waals surface area contributed by atoms with Crippen molar-refractivity contribution in [3.63, 3.8) is 0 Å². The summed E-state index contributed by atoms with van der Waals surface area (Å²) in [5, 5.41) is 12.1. The fourth-order valence-electron chi connectivity index (χ4n) is 2.04. The Labute approximate surface area is 98.4 Å². The predicted octanol–water partition coefficient (Wildman–Crippen LogP) is 1.42. The molecular weight excluding hydrogens is 220 g/mol. The van der Waals surface area contributed by atoms with Gasteiger partial charge in [0.15, 0.2) is 11.5 Å². The van der Waals surface area contributed by atoms with E-state index in [1.54, 1.807) is 0 Å². The minimum atomic E-state index is 0.329. The minimum Gasteiger partial charge on any atom is -0.306 e. The topological polar surface area (TPSA) is 42.2 Å². The van der Waals surface area contributed by atoms with E-state index in [9.17, 15) is 0 Å². The van der Waals surface area contributed by atoms with Crippen molar-refractivity contribution in [2.24, 2.45) is 0 Å². The van der Waals surface area contributed by atoms with Crippen LogP contribution in [-0.4, -0.2) is 32.6 Å². The smallest absolute Gasteiger partial charge is 0.163 e. The molecule has 0 amide bonds. The maximum atomic E-state index is 4.32. The summed E-state index contributed by atoms with van der Waals surface area (Å²) in [5.74, 6) is 3.30. The van der Waals surface area contributed by atoms with Crippen LogP contribution in [0.4, 0.5) is 0 Å². The monoisotopic (exact) mass is 234 g/mol. The zero-order valence-corrected chi connectivity index (χ0v) is 10.00. The number of nitrogens with zero attached hydrogens (tertiary/aromatic N) is 3. The first-order valence-corrected chi connectivity index (χ1v) is 6.63. The van der Waals surface area contributed by atoms with Gasteiger partial charge in [0.25, 0.3) is 0 Å². The van der Waals surface area contributed by atoms with Gasteiger partial charge >= 0.3 is 0 Å². The van der Waals surface area contributed by atoms with Gasteiger partial charge in [-0.1, -0.05) is 6.07 Å². The van der Waals surface area contributed by atoms with E-state index in [1.807, 2.05) is 24.0 Å². The lowest BCUT2D eigenvalue weighted by Crippen LogP contribution is -2.31. The Morgan fingerprint density at radius 3 is 3.25 bits per heavy atom. The van der Waals surface area contributed by atoms with Crippen molar-refractivity contribution in [1.29, 1.82) is 0 Å². The van der Waals surface area contributed by atoms with Crippen LogP contribution in [0.3, 0.4) is 0 Å². The van der Waals surface area contributed by atoms with E-state index in [1.165, 1.54) is 11.3 Å². The normalized spacial score (nSPS) is 21.4. The van der Waals surface area contributed by atoms with Crippen molar-refractivity contribution in [3.8, 4) is 0 Å². The molecular formula is C11H14N4S. The number of pyridine rings is 1.